The number of piperidine rings is 1. The lowest BCUT2D eigenvalue weighted by Crippen LogP contribution is -2.58. The molecule has 2 aliphatic heterocycles. The van der Waals surface area contributed by atoms with Crippen molar-refractivity contribution in [2.75, 3.05) is 52.5 Å². The minimum Gasteiger partial charge on any atom is -0.492 e. The summed E-state index contributed by atoms with van der Waals surface area (Å²) in [6, 6.07) is 11.1. The number of nitrogens with one attached hydrogen (secondary N) is 2. The number of benzene rings is 2. The highest BCUT2D eigenvalue weighted by Gasteiger charge is 2.41. The maximum Gasteiger partial charge on any atom is 0.305 e. The topological polar surface area (TPSA) is 146 Å². The molecule has 1 amide bonds. The molecule has 6 rings (SSSR count). The molecule has 1 unspecified atom stereocenters. The number of H-pyrrole nitrogens is 1. The van der Waals surface area contributed by atoms with Gasteiger partial charge in [0.15, 0.2) is 5.75 Å². The number of ether oxygens (including phenoxy) is 3. The predicted molar refractivity (Wildman–Crippen MR) is 184 cm³/mol. The third kappa shape index (κ3) is 7.96. The van der Waals surface area contributed by atoms with E-state index in [1.165, 1.54) is 0 Å². The van der Waals surface area contributed by atoms with Gasteiger partial charge in [-0.1, -0.05) is 43.4 Å². The van der Waals surface area contributed by atoms with Crippen LogP contribution in [0.2, 0.25) is 0 Å². The fourth-order valence-corrected chi connectivity index (χ4v) is 7.94. The second kappa shape index (κ2) is 15.3. The Hall–Kier alpha value is -3.66. The van der Waals surface area contributed by atoms with Crippen LogP contribution in [-0.4, -0.2) is 95.3 Å². The van der Waals surface area contributed by atoms with Crippen LogP contribution >= 0.6 is 22.7 Å². The van der Waals surface area contributed by atoms with Crippen LogP contribution in [0, 0.1) is 0 Å². The first-order valence-corrected chi connectivity index (χ1v) is 17.9. The maximum absolute atomic E-state index is 13.2. The number of carbonyl (C=O) groups is 2. The fraction of sp³-hybridized carbons (Fsp3) is 0.471. The number of nitrogens with zero attached hydrogens (tertiary/aromatic N) is 3. The Labute approximate surface area is 286 Å². The largest absolute Gasteiger partial charge is 0.492 e. The number of rotatable bonds is 13. The number of hydrogen-bond acceptors (Lipinski definition) is 12. The smallest absolute Gasteiger partial charge is 0.305 e. The molecular formula is C34H41N5O7S2. The zero-order valence-corrected chi connectivity index (χ0v) is 28.7. The third-order valence-electron chi connectivity index (χ3n) is 8.91. The van der Waals surface area contributed by atoms with Gasteiger partial charge < -0.3 is 34.5 Å². The van der Waals surface area contributed by atoms with Crippen molar-refractivity contribution in [3.63, 3.8) is 0 Å². The first kappa shape index (κ1) is 34.2. The summed E-state index contributed by atoms with van der Waals surface area (Å²) in [4.78, 5) is 47.1. The van der Waals surface area contributed by atoms with Gasteiger partial charge in [0.25, 0.3) is 12.4 Å². The molecule has 2 aromatic carbocycles. The van der Waals surface area contributed by atoms with E-state index in [-0.39, 0.29) is 28.7 Å². The van der Waals surface area contributed by atoms with Gasteiger partial charge in [-0.2, -0.15) is 0 Å². The quantitative estimate of drug-likeness (QED) is 0.176. The van der Waals surface area contributed by atoms with E-state index in [4.69, 9.17) is 14.2 Å². The number of aliphatic hydroxyl groups excluding tert-OH is 1. The molecule has 256 valence electrons. The average Bonchev–Trinajstić information content (AvgIpc) is 3.74. The van der Waals surface area contributed by atoms with Crippen molar-refractivity contribution >= 4 is 45.3 Å². The molecule has 0 saturated carbocycles. The van der Waals surface area contributed by atoms with Crippen LogP contribution in [0.25, 0.3) is 10.2 Å². The van der Waals surface area contributed by atoms with E-state index in [0.29, 0.717) is 66.7 Å². The zero-order valence-electron chi connectivity index (χ0n) is 27.1. The molecule has 0 bridgehead atoms. The van der Waals surface area contributed by atoms with Crippen LogP contribution in [-0.2, 0) is 16.1 Å². The molecule has 14 heteroatoms. The van der Waals surface area contributed by atoms with Crippen LogP contribution in [0.1, 0.15) is 65.3 Å². The Morgan fingerprint density at radius 2 is 1.98 bits per heavy atom. The third-order valence-corrected chi connectivity index (χ3v) is 11.0. The van der Waals surface area contributed by atoms with Gasteiger partial charge in [-0.15, -0.1) is 11.3 Å². The van der Waals surface area contributed by atoms with Gasteiger partial charge in [-0.05, 0) is 36.6 Å². The van der Waals surface area contributed by atoms with E-state index in [2.05, 4.69) is 34.0 Å². The number of fused-ring (bicyclic) bond motifs is 1. The molecule has 2 fully saturated rings. The molecule has 4 heterocycles. The Morgan fingerprint density at radius 1 is 1.19 bits per heavy atom. The molecule has 48 heavy (non-hydrogen) atoms. The summed E-state index contributed by atoms with van der Waals surface area (Å²) in [6.07, 6.45) is 0.888. The van der Waals surface area contributed by atoms with Crippen molar-refractivity contribution in [3.8, 4) is 11.5 Å². The lowest BCUT2D eigenvalue weighted by Gasteiger charge is -2.47. The number of morpholine rings is 1. The normalized spacial score (nSPS) is 17.2. The predicted octanol–water partition coefficient (Wildman–Crippen LogP) is 3.91. The molecule has 12 nitrogen and oxygen atoms in total. The van der Waals surface area contributed by atoms with Crippen molar-refractivity contribution < 1.29 is 28.9 Å². The molecule has 3 N–H and O–H groups in total. The van der Waals surface area contributed by atoms with E-state index in [0.717, 1.165) is 60.1 Å². The number of aromatic amines is 1. The number of aromatic nitrogens is 2. The van der Waals surface area contributed by atoms with E-state index in [9.17, 15) is 19.5 Å². The molecule has 0 radical (unpaired) electrons. The summed E-state index contributed by atoms with van der Waals surface area (Å²) in [5.41, 5.74) is 2.27. The van der Waals surface area contributed by atoms with Gasteiger partial charge in [-0.25, -0.2) is 4.98 Å². The standard InChI is InChI=1S/C34H41N5O7S2/c1-22(2)31-36-26(19-47-31)32(42)39-14-16-46-34(20-39)9-11-38(12-10-34)13-15-44-24-5-3-23(4-6-24)17-35-18-27(41)25-7-8-28(45-21-40)29-30(25)48-33(43)37-29/h3-8,19,21-22,27,35,41H,9-18,20H2,1-2H3,(H,37,43). The molecule has 1 atom stereocenters. The van der Waals surface area contributed by atoms with Gasteiger partial charge >= 0.3 is 4.87 Å². The first-order chi connectivity index (χ1) is 23.2. The van der Waals surface area contributed by atoms with Crippen molar-refractivity contribution in [3.05, 3.63) is 73.3 Å². The fourth-order valence-electron chi connectivity index (χ4n) is 6.22. The highest BCUT2D eigenvalue weighted by molar-refractivity contribution is 7.16. The lowest BCUT2D eigenvalue weighted by molar-refractivity contribution is -0.127. The summed E-state index contributed by atoms with van der Waals surface area (Å²) in [5, 5.41) is 16.9. The second-order valence-corrected chi connectivity index (χ2v) is 14.4. The Bertz CT molecular complexity index is 1760. The van der Waals surface area contributed by atoms with Crippen LogP contribution in [0.4, 0.5) is 0 Å². The molecule has 2 aliphatic rings. The van der Waals surface area contributed by atoms with Crippen LogP contribution in [0.5, 0.6) is 11.5 Å². The van der Waals surface area contributed by atoms with Crippen LogP contribution in [0.15, 0.2) is 46.6 Å². The Morgan fingerprint density at radius 3 is 2.71 bits per heavy atom. The number of thiazole rings is 2. The minimum atomic E-state index is -0.857. The zero-order chi connectivity index (χ0) is 33.7. The Kier molecular flexibility index (Phi) is 10.9. The Balaban J connectivity index is 0.913. The summed E-state index contributed by atoms with van der Waals surface area (Å²) in [6.45, 7) is 10.2. The van der Waals surface area contributed by atoms with E-state index >= 15 is 0 Å². The summed E-state index contributed by atoms with van der Waals surface area (Å²) >= 11 is 2.52. The monoisotopic (exact) mass is 695 g/mol. The molecule has 2 aromatic heterocycles. The SMILES string of the molecule is CC(C)c1nc(C(=O)N2CCOC3(CCN(CCOc4ccc(CNCC(O)c5ccc(OC=O)c6[nH]c(=O)sc56)cc4)CC3)C2)cs1. The number of hydrogen-bond donors (Lipinski definition) is 3. The summed E-state index contributed by atoms with van der Waals surface area (Å²) in [5.74, 6) is 1.36. The van der Waals surface area contributed by atoms with Crippen molar-refractivity contribution in [2.24, 2.45) is 0 Å². The lowest BCUT2D eigenvalue weighted by atomic mass is 9.89. The average molecular weight is 696 g/mol. The van der Waals surface area contributed by atoms with Gasteiger partial charge in [0.2, 0.25) is 0 Å². The number of carbonyl (C=O) groups excluding carboxylic acids is 2. The number of amides is 1. The molecule has 0 aliphatic carbocycles. The van der Waals surface area contributed by atoms with Gasteiger partial charge in [0.1, 0.15) is 23.6 Å². The maximum atomic E-state index is 13.2. The molecule has 2 saturated heterocycles. The van der Waals surface area contributed by atoms with Crippen molar-refractivity contribution in [1.82, 2.24) is 25.1 Å². The molecular weight excluding hydrogens is 655 g/mol. The highest BCUT2D eigenvalue weighted by Crippen LogP contribution is 2.33. The highest BCUT2D eigenvalue weighted by atomic mass is 32.1. The van der Waals surface area contributed by atoms with Crippen LogP contribution in [0.3, 0.4) is 0 Å². The first-order valence-electron chi connectivity index (χ1n) is 16.2. The summed E-state index contributed by atoms with van der Waals surface area (Å²) < 4.78 is 17.8. The van der Waals surface area contributed by atoms with Crippen molar-refractivity contribution in [1.29, 1.82) is 0 Å². The molecule has 4 aromatic rings. The number of likely N-dealkylation sites (tertiary alicyclic amines) is 1. The number of aliphatic hydroxyl groups is 1. The molecule has 1 spiro atoms. The minimum absolute atomic E-state index is 0.00366. The van der Waals surface area contributed by atoms with Gasteiger partial charge in [0.05, 0.1) is 34.6 Å². The van der Waals surface area contributed by atoms with Gasteiger partial charge in [0, 0.05) is 56.1 Å². The van der Waals surface area contributed by atoms with Crippen LogP contribution < -0.4 is 19.7 Å². The second-order valence-electron chi connectivity index (χ2n) is 12.6. The van der Waals surface area contributed by atoms with E-state index in [1.54, 1.807) is 23.5 Å². The summed E-state index contributed by atoms with van der Waals surface area (Å²) in [7, 11) is 0. The van der Waals surface area contributed by atoms with Gasteiger partial charge in [-0.3, -0.25) is 19.3 Å². The van der Waals surface area contributed by atoms with Crippen molar-refractivity contribution in [2.45, 2.75) is 50.9 Å². The van der Waals surface area contributed by atoms with E-state index < -0.39 is 6.10 Å². The van der Waals surface area contributed by atoms with E-state index in [1.807, 2.05) is 34.5 Å².